The van der Waals surface area contributed by atoms with Gasteiger partial charge in [-0.15, -0.1) is 0 Å². The van der Waals surface area contributed by atoms with Gasteiger partial charge >= 0.3 is 0 Å². The quantitative estimate of drug-likeness (QED) is 0.674. The number of benzene rings is 2. The Bertz CT molecular complexity index is 1060. The summed E-state index contributed by atoms with van der Waals surface area (Å²) in [6, 6.07) is 18.0. The smallest absolute Gasteiger partial charge is 0.259 e. The maximum absolute atomic E-state index is 13.5. The Morgan fingerprint density at radius 2 is 1.96 bits per heavy atom. The molecule has 2 aromatic carbocycles. The van der Waals surface area contributed by atoms with Crippen LogP contribution in [0.5, 0.6) is 0 Å². The van der Waals surface area contributed by atoms with Crippen molar-refractivity contribution in [3.05, 3.63) is 65.4 Å². The molecule has 2 N–H and O–H groups in total. The predicted octanol–water partition coefficient (Wildman–Crippen LogP) is 2.43. The van der Waals surface area contributed by atoms with Gasteiger partial charge in [0.2, 0.25) is 0 Å². The van der Waals surface area contributed by atoms with Crippen LogP contribution >= 0.6 is 0 Å². The topological polar surface area (TPSA) is 71.9 Å². The Morgan fingerprint density at radius 3 is 2.84 bits per heavy atom. The van der Waals surface area contributed by atoms with Crippen molar-refractivity contribution in [2.45, 2.75) is 12.0 Å². The minimum Gasteiger partial charge on any atom is -0.356 e. The summed E-state index contributed by atoms with van der Waals surface area (Å²) >= 11 is 0. The average Bonchev–Trinajstić information content (AvgIpc) is 3.14. The number of aromatic nitrogens is 1. The van der Waals surface area contributed by atoms with E-state index in [0.29, 0.717) is 0 Å². The second kappa shape index (κ2) is 4.95. The van der Waals surface area contributed by atoms with Gasteiger partial charge in [0.25, 0.3) is 5.91 Å². The first-order valence-corrected chi connectivity index (χ1v) is 8.41. The second-order valence-electron chi connectivity index (χ2n) is 6.52. The minimum absolute atomic E-state index is 0.0504. The molecule has 2 aliphatic heterocycles. The van der Waals surface area contributed by atoms with Gasteiger partial charge in [-0.1, -0.05) is 36.4 Å². The van der Waals surface area contributed by atoms with E-state index in [9.17, 15) is 10.1 Å². The minimum atomic E-state index is -0.931. The van der Waals surface area contributed by atoms with Crippen molar-refractivity contribution in [3.63, 3.8) is 0 Å². The molecule has 25 heavy (non-hydrogen) atoms. The molecule has 122 valence electrons. The van der Waals surface area contributed by atoms with Crippen molar-refractivity contribution < 1.29 is 4.79 Å². The molecule has 0 radical (unpaired) electrons. The van der Waals surface area contributed by atoms with E-state index in [1.165, 1.54) is 10.9 Å². The van der Waals surface area contributed by atoms with Gasteiger partial charge in [-0.3, -0.25) is 15.0 Å². The summed E-state index contributed by atoms with van der Waals surface area (Å²) in [6.07, 6.45) is 0.870. The van der Waals surface area contributed by atoms with E-state index in [4.69, 9.17) is 0 Å². The number of nitrogens with zero attached hydrogens (tertiary/aromatic N) is 2. The van der Waals surface area contributed by atoms with Crippen molar-refractivity contribution in [3.8, 4) is 6.07 Å². The normalized spacial score (nSPS) is 21.4. The number of hydrogen-bond acceptors (Lipinski definition) is 3. The molecule has 0 fully saturated rings. The molecular weight excluding hydrogens is 312 g/mol. The van der Waals surface area contributed by atoms with Gasteiger partial charge in [0, 0.05) is 23.0 Å². The number of fused-ring (bicyclic) bond motifs is 6. The number of aromatic amines is 1. The molecule has 0 saturated carbocycles. The number of amides is 1. The third kappa shape index (κ3) is 1.67. The molecule has 1 atom stereocenters. The van der Waals surface area contributed by atoms with E-state index in [-0.39, 0.29) is 12.5 Å². The molecule has 0 unspecified atom stereocenters. The SMILES string of the molecule is N#CCN1C(=O)[C@]2(NCCc3c2[nH]c2ccccc32)c2ccccc21. The summed E-state index contributed by atoms with van der Waals surface area (Å²) in [4.78, 5) is 18.5. The van der Waals surface area contributed by atoms with Crippen molar-refractivity contribution in [1.29, 1.82) is 5.26 Å². The monoisotopic (exact) mass is 328 g/mol. The predicted molar refractivity (Wildman–Crippen MR) is 95.2 cm³/mol. The van der Waals surface area contributed by atoms with E-state index >= 15 is 0 Å². The molecule has 5 rings (SSSR count). The molecule has 0 saturated heterocycles. The van der Waals surface area contributed by atoms with Crippen LogP contribution in [0.2, 0.25) is 0 Å². The zero-order valence-corrected chi connectivity index (χ0v) is 13.5. The third-order valence-electron chi connectivity index (χ3n) is 5.35. The van der Waals surface area contributed by atoms with Crippen LogP contribution in [0.4, 0.5) is 5.69 Å². The van der Waals surface area contributed by atoms with Gasteiger partial charge in [-0.25, -0.2) is 0 Å². The highest BCUT2D eigenvalue weighted by molar-refractivity contribution is 6.11. The molecule has 3 aromatic rings. The van der Waals surface area contributed by atoms with Crippen LogP contribution in [-0.4, -0.2) is 24.0 Å². The number of hydrogen-bond donors (Lipinski definition) is 2. The van der Waals surface area contributed by atoms with Crippen molar-refractivity contribution >= 4 is 22.5 Å². The number of nitrogens with one attached hydrogen (secondary N) is 2. The summed E-state index contributed by atoms with van der Waals surface area (Å²) in [5, 5.41) is 13.8. The third-order valence-corrected chi connectivity index (χ3v) is 5.35. The van der Waals surface area contributed by atoms with E-state index in [1.54, 1.807) is 4.90 Å². The zero-order valence-electron chi connectivity index (χ0n) is 13.5. The van der Waals surface area contributed by atoms with Crippen molar-refractivity contribution in [2.24, 2.45) is 0 Å². The first-order chi connectivity index (χ1) is 12.3. The highest BCUT2D eigenvalue weighted by atomic mass is 16.2. The molecule has 1 amide bonds. The van der Waals surface area contributed by atoms with Crippen molar-refractivity contribution in [2.75, 3.05) is 18.0 Å². The van der Waals surface area contributed by atoms with E-state index in [0.717, 1.165) is 35.4 Å². The number of rotatable bonds is 1. The summed E-state index contributed by atoms with van der Waals surface area (Å²) in [5.74, 6) is -0.0808. The molecule has 0 bridgehead atoms. The fourth-order valence-corrected chi connectivity index (χ4v) is 4.34. The summed E-state index contributed by atoms with van der Waals surface area (Å²) in [6.45, 7) is 0.768. The molecular formula is C20H16N4O. The summed E-state index contributed by atoms with van der Waals surface area (Å²) in [5.41, 5.74) is 3.95. The van der Waals surface area contributed by atoms with Crippen LogP contribution in [0.15, 0.2) is 48.5 Å². The molecule has 2 aliphatic rings. The van der Waals surface area contributed by atoms with Crippen LogP contribution < -0.4 is 10.2 Å². The Hall–Kier alpha value is -3.10. The van der Waals surface area contributed by atoms with Crippen LogP contribution in [0.1, 0.15) is 16.8 Å². The Balaban J connectivity index is 1.84. The lowest BCUT2D eigenvalue weighted by molar-refractivity contribution is -0.123. The van der Waals surface area contributed by atoms with Gasteiger partial charge in [0.05, 0.1) is 17.5 Å². The number of anilines is 1. The van der Waals surface area contributed by atoms with Crippen LogP contribution in [0.3, 0.4) is 0 Å². The Morgan fingerprint density at radius 1 is 1.16 bits per heavy atom. The zero-order chi connectivity index (χ0) is 17.0. The molecule has 1 spiro atoms. The van der Waals surface area contributed by atoms with Gasteiger partial charge in [-0.05, 0) is 24.1 Å². The average molecular weight is 328 g/mol. The first-order valence-electron chi connectivity index (χ1n) is 8.41. The lowest BCUT2D eigenvalue weighted by Gasteiger charge is -2.34. The highest BCUT2D eigenvalue weighted by Gasteiger charge is 2.55. The Labute approximate surface area is 144 Å². The lowest BCUT2D eigenvalue weighted by Crippen LogP contribution is -2.55. The molecule has 3 heterocycles. The largest absolute Gasteiger partial charge is 0.356 e. The number of nitriles is 1. The van der Waals surface area contributed by atoms with Gasteiger partial charge in [-0.2, -0.15) is 5.26 Å². The van der Waals surface area contributed by atoms with Crippen LogP contribution in [0, 0.1) is 11.3 Å². The van der Waals surface area contributed by atoms with Crippen molar-refractivity contribution in [1.82, 2.24) is 10.3 Å². The number of carbonyl (C=O) groups is 1. The first kappa shape index (κ1) is 14.3. The fraction of sp³-hybridized carbons (Fsp3) is 0.200. The molecule has 5 nitrogen and oxygen atoms in total. The molecule has 5 heteroatoms. The van der Waals surface area contributed by atoms with Gasteiger partial charge in [0.1, 0.15) is 6.54 Å². The van der Waals surface area contributed by atoms with E-state index in [1.807, 2.05) is 42.5 Å². The van der Waals surface area contributed by atoms with Gasteiger partial charge in [0.15, 0.2) is 5.54 Å². The Kier molecular flexibility index (Phi) is 2.82. The van der Waals surface area contributed by atoms with Crippen LogP contribution in [0.25, 0.3) is 10.9 Å². The number of carbonyl (C=O) groups excluding carboxylic acids is 1. The summed E-state index contributed by atoms with van der Waals surface area (Å²) < 4.78 is 0. The van der Waals surface area contributed by atoms with E-state index in [2.05, 4.69) is 22.4 Å². The van der Waals surface area contributed by atoms with Crippen LogP contribution in [-0.2, 0) is 16.8 Å². The summed E-state index contributed by atoms with van der Waals surface area (Å²) in [7, 11) is 0. The van der Waals surface area contributed by atoms with Gasteiger partial charge < -0.3 is 4.98 Å². The lowest BCUT2D eigenvalue weighted by atomic mass is 9.82. The number of H-pyrrole nitrogens is 1. The maximum Gasteiger partial charge on any atom is 0.259 e. The molecule has 1 aromatic heterocycles. The maximum atomic E-state index is 13.5. The second-order valence-corrected chi connectivity index (χ2v) is 6.52. The standard InChI is InChI=1S/C20H16N4O/c21-10-12-24-17-8-4-2-6-15(17)20(19(24)25)18-14(9-11-22-20)13-5-1-3-7-16(13)23-18/h1-8,22-23H,9,11-12H2/t20-/m0/s1. The number of para-hydroxylation sites is 2. The highest BCUT2D eigenvalue weighted by Crippen LogP contribution is 2.47. The molecule has 0 aliphatic carbocycles. The van der Waals surface area contributed by atoms with E-state index < -0.39 is 5.54 Å². The fourth-order valence-electron chi connectivity index (χ4n) is 4.34.